The zero-order chi connectivity index (χ0) is 13.5. The third-order valence-corrected chi connectivity index (χ3v) is 2.65. The van der Waals surface area contributed by atoms with Crippen LogP contribution in [0.3, 0.4) is 0 Å². The summed E-state index contributed by atoms with van der Waals surface area (Å²) in [5.74, 6) is 0. The molecular formula is C16H18N2O. The minimum Gasteiger partial charge on any atom is -0.393 e. The summed E-state index contributed by atoms with van der Waals surface area (Å²) in [6.45, 7) is 1.75. The maximum Gasteiger partial charge on any atom is 0.0652 e. The van der Waals surface area contributed by atoms with Crippen LogP contribution in [-0.4, -0.2) is 17.4 Å². The van der Waals surface area contributed by atoms with Gasteiger partial charge in [0.1, 0.15) is 0 Å². The molecule has 0 heterocycles. The van der Waals surface area contributed by atoms with Crippen LogP contribution in [0.5, 0.6) is 0 Å². The standard InChI is InChI=1S/C16H18N2O/c1-14(19)12-13-17-18(15-8-4-2-5-9-15)16-10-6-3-7-11-16/h2-11,13-14,19H,12H2,1H3/b17-13+/t14-/m0/s1. The molecule has 0 saturated carbocycles. The van der Waals surface area contributed by atoms with E-state index >= 15 is 0 Å². The van der Waals surface area contributed by atoms with Gasteiger partial charge in [-0.2, -0.15) is 5.10 Å². The number of hydrazone groups is 1. The van der Waals surface area contributed by atoms with Crippen LogP contribution in [0.15, 0.2) is 65.8 Å². The van der Waals surface area contributed by atoms with E-state index < -0.39 is 0 Å². The zero-order valence-corrected chi connectivity index (χ0v) is 11.0. The van der Waals surface area contributed by atoms with Gasteiger partial charge in [0.15, 0.2) is 0 Å². The van der Waals surface area contributed by atoms with Crippen molar-refractivity contribution >= 4 is 17.6 Å². The second-order valence-electron chi connectivity index (χ2n) is 4.37. The van der Waals surface area contributed by atoms with Gasteiger partial charge < -0.3 is 5.11 Å². The van der Waals surface area contributed by atoms with Gasteiger partial charge in [-0.25, -0.2) is 5.01 Å². The van der Waals surface area contributed by atoms with E-state index in [9.17, 15) is 5.11 Å². The van der Waals surface area contributed by atoms with Gasteiger partial charge in [0, 0.05) is 12.6 Å². The molecule has 3 heteroatoms. The van der Waals surface area contributed by atoms with Crippen LogP contribution in [0.4, 0.5) is 11.4 Å². The van der Waals surface area contributed by atoms with Crippen LogP contribution in [0, 0.1) is 0 Å². The summed E-state index contributed by atoms with van der Waals surface area (Å²) in [7, 11) is 0. The van der Waals surface area contributed by atoms with E-state index in [0.717, 1.165) is 11.4 Å². The first kappa shape index (κ1) is 13.3. The van der Waals surface area contributed by atoms with Crippen LogP contribution in [0.1, 0.15) is 13.3 Å². The summed E-state index contributed by atoms with van der Waals surface area (Å²) in [5, 5.41) is 15.6. The number of aliphatic hydroxyl groups excluding tert-OH is 1. The molecule has 0 aliphatic carbocycles. The van der Waals surface area contributed by atoms with E-state index in [4.69, 9.17) is 0 Å². The summed E-state index contributed by atoms with van der Waals surface area (Å²) >= 11 is 0. The average molecular weight is 254 g/mol. The molecule has 0 aromatic heterocycles. The summed E-state index contributed by atoms with van der Waals surface area (Å²) in [6, 6.07) is 19.9. The molecule has 1 N–H and O–H groups in total. The molecule has 0 fully saturated rings. The van der Waals surface area contributed by atoms with Crippen molar-refractivity contribution in [1.82, 2.24) is 0 Å². The summed E-state index contributed by atoms with van der Waals surface area (Å²) in [4.78, 5) is 0. The molecule has 0 bridgehead atoms. The molecule has 1 atom stereocenters. The van der Waals surface area contributed by atoms with Gasteiger partial charge in [-0.15, -0.1) is 0 Å². The topological polar surface area (TPSA) is 35.8 Å². The second-order valence-corrected chi connectivity index (χ2v) is 4.37. The number of anilines is 2. The number of benzene rings is 2. The average Bonchev–Trinajstić information content (AvgIpc) is 2.45. The van der Waals surface area contributed by atoms with Gasteiger partial charge in [-0.1, -0.05) is 36.4 Å². The molecule has 19 heavy (non-hydrogen) atoms. The number of rotatable bonds is 5. The van der Waals surface area contributed by atoms with E-state index in [0.29, 0.717) is 6.42 Å². The molecular weight excluding hydrogens is 236 g/mol. The Labute approximate surface area is 113 Å². The van der Waals surface area contributed by atoms with Crippen molar-refractivity contribution in [3.05, 3.63) is 60.7 Å². The van der Waals surface area contributed by atoms with Crippen LogP contribution < -0.4 is 5.01 Å². The molecule has 2 aromatic carbocycles. The summed E-state index contributed by atoms with van der Waals surface area (Å²) in [6.07, 6.45) is 1.90. The van der Waals surface area contributed by atoms with Crippen molar-refractivity contribution in [2.75, 3.05) is 5.01 Å². The Morgan fingerprint density at radius 2 is 1.47 bits per heavy atom. The molecule has 0 radical (unpaired) electrons. The highest BCUT2D eigenvalue weighted by Gasteiger charge is 2.06. The Morgan fingerprint density at radius 1 is 1.00 bits per heavy atom. The molecule has 98 valence electrons. The van der Waals surface area contributed by atoms with Gasteiger partial charge in [0.05, 0.1) is 17.5 Å². The Morgan fingerprint density at radius 3 is 1.89 bits per heavy atom. The normalized spacial score (nSPS) is 12.5. The lowest BCUT2D eigenvalue weighted by Crippen LogP contribution is -2.10. The maximum atomic E-state index is 9.30. The minimum atomic E-state index is -0.378. The van der Waals surface area contributed by atoms with Crippen LogP contribution in [0.25, 0.3) is 0 Å². The molecule has 0 unspecified atom stereocenters. The Kier molecular flexibility index (Phi) is 4.70. The summed E-state index contributed by atoms with van der Waals surface area (Å²) < 4.78 is 0. The van der Waals surface area contributed by atoms with E-state index in [1.54, 1.807) is 13.1 Å². The molecule has 2 rings (SSSR count). The van der Waals surface area contributed by atoms with Crippen molar-refractivity contribution in [3.63, 3.8) is 0 Å². The first-order chi connectivity index (χ1) is 9.27. The lowest BCUT2D eigenvalue weighted by Gasteiger charge is -2.19. The minimum absolute atomic E-state index is 0.378. The SMILES string of the molecule is C[C@H](O)C/C=N/N(c1ccccc1)c1ccccc1. The molecule has 0 saturated heterocycles. The first-order valence-corrected chi connectivity index (χ1v) is 6.38. The van der Waals surface area contributed by atoms with Crippen LogP contribution in [0.2, 0.25) is 0 Å². The quantitative estimate of drug-likeness (QED) is 0.654. The fourth-order valence-corrected chi connectivity index (χ4v) is 1.70. The van der Waals surface area contributed by atoms with Crippen molar-refractivity contribution in [2.45, 2.75) is 19.4 Å². The molecule has 0 amide bonds. The molecule has 0 aliphatic heterocycles. The van der Waals surface area contributed by atoms with Gasteiger partial charge >= 0.3 is 0 Å². The van der Waals surface area contributed by atoms with E-state index in [2.05, 4.69) is 5.10 Å². The van der Waals surface area contributed by atoms with Crippen LogP contribution in [-0.2, 0) is 0 Å². The lowest BCUT2D eigenvalue weighted by molar-refractivity contribution is 0.204. The highest BCUT2D eigenvalue weighted by atomic mass is 16.3. The highest BCUT2D eigenvalue weighted by Crippen LogP contribution is 2.24. The predicted octanol–water partition coefficient (Wildman–Crippen LogP) is 3.58. The number of aliphatic hydroxyl groups is 1. The van der Waals surface area contributed by atoms with E-state index in [1.165, 1.54) is 0 Å². The molecule has 0 aliphatic rings. The van der Waals surface area contributed by atoms with Crippen LogP contribution >= 0.6 is 0 Å². The number of para-hydroxylation sites is 2. The highest BCUT2D eigenvalue weighted by molar-refractivity contribution is 5.67. The number of hydrogen-bond donors (Lipinski definition) is 1. The van der Waals surface area contributed by atoms with Gasteiger partial charge in [-0.05, 0) is 31.2 Å². The molecule has 3 nitrogen and oxygen atoms in total. The first-order valence-electron chi connectivity index (χ1n) is 6.38. The van der Waals surface area contributed by atoms with Crippen molar-refractivity contribution in [2.24, 2.45) is 5.10 Å². The fraction of sp³-hybridized carbons (Fsp3) is 0.188. The summed E-state index contributed by atoms with van der Waals surface area (Å²) in [5.41, 5.74) is 1.99. The number of hydrogen-bond acceptors (Lipinski definition) is 3. The van der Waals surface area contributed by atoms with Gasteiger partial charge in [-0.3, -0.25) is 0 Å². The zero-order valence-electron chi connectivity index (χ0n) is 11.0. The number of nitrogens with zero attached hydrogens (tertiary/aromatic N) is 2. The Bertz CT molecular complexity index is 469. The fourth-order valence-electron chi connectivity index (χ4n) is 1.70. The largest absolute Gasteiger partial charge is 0.393 e. The monoisotopic (exact) mass is 254 g/mol. The molecule has 0 spiro atoms. The van der Waals surface area contributed by atoms with Gasteiger partial charge in [0.2, 0.25) is 0 Å². The van der Waals surface area contributed by atoms with E-state index in [-0.39, 0.29) is 6.10 Å². The van der Waals surface area contributed by atoms with Gasteiger partial charge in [0.25, 0.3) is 0 Å². The third kappa shape index (κ3) is 3.93. The smallest absolute Gasteiger partial charge is 0.0652 e. The van der Waals surface area contributed by atoms with Crippen molar-refractivity contribution in [1.29, 1.82) is 0 Å². The van der Waals surface area contributed by atoms with Crippen molar-refractivity contribution < 1.29 is 5.11 Å². The Hall–Kier alpha value is -2.13. The molecule has 2 aromatic rings. The Balaban J connectivity index is 2.27. The van der Waals surface area contributed by atoms with Crippen molar-refractivity contribution in [3.8, 4) is 0 Å². The third-order valence-electron chi connectivity index (χ3n) is 2.65. The van der Waals surface area contributed by atoms with E-state index in [1.807, 2.05) is 65.7 Å². The lowest BCUT2D eigenvalue weighted by atomic mass is 10.2. The predicted molar refractivity (Wildman–Crippen MR) is 79.8 cm³/mol. The second kappa shape index (κ2) is 6.71. The maximum absolute atomic E-state index is 9.30.